The van der Waals surface area contributed by atoms with Gasteiger partial charge in [-0.05, 0) is 38.2 Å². The highest BCUT2D eigenvalue weighted by molar-refractivity contribution is 7.98. The van der Waals surface area contributed by atoms with Gasteiger partial charge >= 0.3 is 0 Å². The van der Waals surface area contributed by atoms with E-state index in [2.05, 4.69) is 20.3 Å². The number of nitrogens with zero attached hydrogens (tertiary/aromatic N) is 2. The third-order valence-electron chi connectivity index (χ3n) is 3.86. The molecule has 8 heteroatoms. The maximum atomic E-state index is 12.2. The van der Waals surface area contributed by atoms with Gasteiger partial charge in [0.05, 0.1) is 10.2 Å². The number of anilines is 1. The average Bonchev–Trinajstić information content (AvgIpc) is 2.97. The van der Waals surface area contributed by atoms with Crippen LogP contribution in [-0.4, -0.2) is 27.1 Å². The standard InChI is InChI=1S/C17H18N4O2S2/c1-9-5-4-6-12-14(9)20-17(25-12)19-13(22)8-7-11-10(2)18-16(24-3)21-15(11)23/h4-6H,7-8H2,1-3H3,(H,18,21,23)(H,19,20,22). The number of amides is 1. The van der Waals surface area contributed by atoms with Crippen molar-refractivity contribution in [2.45, 2.75) is 31.8 Å². The summed E-state index contributed by atoms with van der Waals surface area (Å²) in [6.07, 6.45) is 2.41. The second kappa shape index (κ2) is 7.37. The maximum absolute atomic E-state index is 12.2. The van der Waals surface area contributed by atoms with Crippen LogP contribution in [0.1, 0.15) is 23.2 Å². The van der Waals surface area contributed by atoms with Crippen molar-refractivity contribution in [1.29, 1.82) is 0 Å². The molecule has 2 N–H and O–H groups in total. The summed E-state index contributed by atoms with van der Waals surface area (Å²) < 4.78 is 1.04. The van der Waals surface area contributed by atoms with E-state index in [1.807, 2.05) is 31.4 Å². The van der Waals surface area contributed by atoms with Crippen LogP contribution in [-0.2, 0) is 11.2 Å². The topological polar surface area (TPSA) is 87.7 Å². The first-order valence-corrected chi connectivity index (χ1v) is 9.82. The van der Waals surface area contributed by atoms with Gasteiger partial charge in [0.15, 0.2) is 10.3 Å². The van der Waals surface area contributed by atoms with Crippen LogP contribution < -0.4 is 10.9 Å². The largest absolute Gasteiger partial charge is 0.302 e. The monoisotopic (exact) mass is 374 g/mol. The molecule has 1 amide bonds. The van der Waals surface area contributed by atoms with Gasteiger partial charge in [-0.15, -0.1) is 0 Å². The van der Waals surface area contributed by atoms with Crippen molar-refractivity contribution >= 4 is 44.4 Å². The number of thioether (sulfide) groups is 1. The summed E-state index contributed by atoms with van der Waals surface area (Å²) in [5, 5.41) is 3.99. The summed E-state index contributed by atoms with van der Waals surface area (Å²) in [6, 6.07) is 5.95. The normalized spacial score (nSPS) is 11.0. The molecule has 0 aliphatic rings. The summed E-state index contributed by atoms with van der Waals surface area (Å²) >= 11 is 2.83. The van der Waals surface area contributed by atoms with Gasteiger partial charge in [-0.3, -0.25) is 9.59 Å². The van der Waals surface area contributed by atoms with Crippen molar-refractivity contribution in [1.82, 2.24) is 15.0 Å². The van der Waals surface area contributed by atoms with Crippen LogP contribution in [0.15, 0.2) is 28.2 Å². The summed E-state index contributed by atoms with van der Waals surface area (Å²) in [4.78, 5) is 35.8. The predicted octanol–water partition coefficient (Wildman–Crippen LogP) is 3.29. The number of aryl methyl sites for hydroxylation is 2. The number of aromatic nitrogens is 3. The fraction of sp³-hybridized carbons (Fsp3) is 0.294. The maximum Gasteiger partial charge on any atom is 0.254 e. The van der Waals surface area contributed by atoms with E-state index in [1.165, 1.54) is 23.1 Å². The SMILES string of the molecule is CSc1nc(C)c(CCC(=O)Nc2nc3c(C)cccc3s2)c(=O)[nH]1. The van der Waals surface area contributed by atoms with Gasteiger partial charge < -0.3 is 10.3 Å². The Bertz CT molecular complexity index is 994. The Hall–Kier alpha value is -2.19. The van der Waals surface area contributed by atoms with E-state index in [1.54, 1.807) is 6.92 Å². The lowest BCUT2D eigenvalue weighted by Gasteiger charge is -2.05. The first kappa shape index (κ1) is 17.6. The summed E-state index contributed by atoms with van der Waals surface area (Å²) in [7, 11) is 0. The lowest BCUT2D eigenvalue weighted by molar-refractivity contribution is -0.116. The van der Waals surface area contributed by atoms with Crippen LogP contribution >= 0.6 is 23.1 Å². The Kier molecular flexibility index (Phi) is 5.19. The van der Waals surface area contributed by atoms with Crippen molar-refractivity contribution in [3.05, 3.63) is 45.4 Å². The number of nitrogens with one attached hydrogen (secondary N) is 2. The summed E-state index contributed by atoms with van der Waals surface area (Å²) in [5.41, 5.74) is 3.02. The minimum atomic E-state index is -0.180. The second-order valence-electron chi connectivity index (χ2n) is 5.63. The van der Waals surface area contributed by atoms with E-state index in [4.69, 9.17) is 0 Å². The van der Waals surface area contributed by atoms with Crippen molar-refractivity contribution in [2.24, 2.45) is 0 Å². The molecule has 0 fully saturated rings. The molecule has 0 spiro atoms. The number of hydrogen-bond donors (Lipinski definition) is 2. The minimum Gasteiger partial charge on any atom is -0.302 e. The van der Waals surface area contributed by atoms with E-state index >= 15 is 0 Å². The quantitative estimate of drug-likeness (QED) is 0.528. The molecule has 0 bridgehead atoms. The second-order valence-corrected chi connectivity index (χ2v) is 7.45. The van der Waals surface area contributed by atoms with Crippen LogP contribution in [0.4, 0.5) is 5.13 Å². The Balaban J connectivity index is 1.69. The van der Waals surface area contributed by atoms with Gasteiger partial charge in [-0.25, -0.2) is 9.97 Å². The first-order valence-electron chi connectivity index (χ1n) is 7.77. The smallest absolute Gasteiger partial charge is 0.254 e. The number of thiazole rings is 1. The molecule has 130 valence electrons. The molecule has 25 heavy (non-hydrogen) atoms. The van der Waals surface area contributed by atoms with E-state index < -0.39 is 0 Å². The molecule has 0 radical (unpaired) electrons. The average molecular weight is 374 g/mol. The van der Waals surface area contributed by atoms with E-state index in [0.717, 1.165) is 15.8 Å². The van der Waals surface area contributed by atoms with Crippen LogP contribution in [0.2, 0.25) is 0 Å². The number of carbonyl (C=O) groups is 1. The van der Waals surface area contributed by atoms with Gasteiger partial charge in [0.25, 0.3) is 5.56 Å². The first-order chi connectivity index (χ1) is 12.0. The van der Waals surface area contributed by atoms with Crippen molar-refractivity contribution in [2.75, 3.05) is 11.6 Å². The third kappa shape index (κ3) is 3.91. The number of para-hydroxylation sites is 1. The van der Waals surface area contributed by atoms with Gasteiger partial charge in [-0.2, -0.15) is 0 Å². The summed E-state index contributed by atoms with van der Waals surface area (Å²) in [5.74, 6) is -0.163. The van der Waals surface area contributed by atoms with Gasteiger partial charge in [0, 0.05) is 17.7 Å². The molecular weight excluding hydrogens is 356 g/mol. The molecule has 2 heterocycles. The molecule has 0 unspecified atom stereocenters. The molecule has 0 aliphatic heterocycles. The molecule has 6 nitrogen and oxygen atoms in total. The van der Waals surface area contributed by atoms with Gasteiger partial charge in [0.1, 0.15) is 0 Å². The zero-order chi connectivity index (χ0) is 18.0. The van der Waals surface area contributed by atoms with Crippen molar-refractivity contribution < 1.29 is 4.79 Å². The van der Waals surface area contributed by atoms with Crippen LogP contribution in [0.3, 0.4) is 0 Å². The minimum absolute atomic E-state index is 0.163. The van der Waals surface area contributed by atoms with Crippen molar-refractivity contribution in [3.63, 3.8) is 0 Å². The molecule has 2 aromatic heterocycles. The highest BCUT2D eigenvalue weighted by Gasteiger charge is 2.12. The summed E-state index contributed by atoms with van der Waals surface area (Å²) in [6.45, 7) is 3.78. The predicted molar refractivity (Wildman–Crippen MR) is 103 cm³/mol. The molecule has 0 atom stereocenters. The zero-order valence-electron chi connectivity index (χ0n) is 14.2. The van der Waals surface area contributed by atoms with Crippen LogP contribution in [0.5, 0.6) is 0 Å². The molecule has 3 aromatic rings. The molecule has 0 saturated heterocycles. The lowest BCUT2D eigenvalue weighted by Crippen LogP contribution is -2.20. The van der Waals surface area contributed by atoms with Crippen LogP contribution in [0, 0.1) is 13.8 Å². The fourth-order valence-corrected chi connectivity index (χ4v) is 3.92. The zero-order valence-corrected chi connectivity index (χ0v) is 15.8. The van der Waals surface area contributed by atoms with Crippen LogP contribution in [0.25, 0.3) is 10.2 Å². The van der Waals surface area contributed by atoms with E-state index in [9.17, 15) is 9.59 Å². The third-order valence-corrected chi connectivity index (χ3v) is 5.38. The molecule has 1 aromatic carbocycles. The Morgan fingerprint density at radius 2 is 2.12 bits per heavy atom. The molecule has 0 saturated carbocycles. The highest BCUT2D eigenvalue weighted by Crippen LogP contribution is 2.27. The number of H-pyrrole nitrogens is 1. The fourth-order valence-electron chi connectivity index (χ4n) is 2.54. The van der Waals surface area contributed by atoms with E-state index in [0.29, 0.717) is 28.0 Å². The van der Waals surface area contributed by atoms with Crippen molar-refractivity contribution in [3.8, 4) is 0 Å². The number of aromatic amines is 1. The molecular formula is C17H18N4O2S2. The highest BCUT2D eigenvalue weighted by atomic mass is 32.2. The lowest BCUT2D eigenvalue weighted by atomic mass is 10.1. The molecule has 3 rings (SSSR count). The number of carbonyl (C=O) groups excluding carboxylic acids is 1. The Labute approximate surface area is 153 Å². The van der Waals surface area contributed by atoms with Gasteiger partial charge in [-0.1, -0.05) is 35.2 Å². The number of fused-ring (bicyclic) bond motifs is 1. The number of benzene rings is 1. The van der Waals surface area contributed by atoms with Gasteiger partial charge in [0.2, 0.25) is 5.91 Å². The Morgan fingerprint density at radius 1 is 1.32 bits per heavy atom. The molecule has 0 aliphatic carbocycles. The Morgan fingerprint density at radius 3 is 2.80 bits per heavy atom. The number of hydrogen-bond acceptors (Lipinski definition) is 6. The number of rotatable bonds is 5. The van der Waals surface area contributed by atoms with E-state index in [-0.39, 0.29) is 17.9 Å².